The number of halogens is 2. The van der Waals surface area contributed by atoms with E-state index >= 15 is 0 Å². The average molecular weight is 347 g/mol. The summed E-state index contributed by atoms with van der Waals surface area (Å²) in [5, 5.41) is 0.994. The molecule has 1 unspecified atom stereocenters. The van der Waals surface area contributed by atoms with E-state index in [9.17, 15) is 4.39 Å². The first-order valence-corrected chi connectivity index (χ1v) is 8.60. The van der Waals surface area contributed by atoms with Gasteiger partial charge in [0.15, 0.2) is 0 Å². The first kappa shape index (κ1) is 16.1. The number of benzene rings is 2. The van der Waals surface area contributed by atoms with E-state index in [0.717, 1.165) is 22.9 Å². The summed E-state index contributed by atoms with van der Waals surface area (Å²) in [6.07, 6.45) is 6.51. The van der Waals surface area contributed by atoms with Gasteiger partial charge < -0.3 is 4.57 Å². The van der Waals surface area contributed by atoms with Gasteiger partial charge in [-0.25, -0.2) is 9.37 Å². The maximum Gasteiger partial charge on any atom is 0.123 e. The van der Waals surface area contributed by atoms with Crippen LogP contribution in [0.1, 0.15) is 17.2 Å². The Morgan fingerprint density at radius 1 is 1.09 bits per heavy atom. The zero-order valence-electron chi connectivity index (χ0n) is 12.4. The van der Waals surface area contributed by atoms with E-state index in [-0.39, 0.29) is 11.1 Å². The molecule has 0 aliphatic rings. The number of imidazole rings is 1. The SMILES string of the molecule is Fc1ccc(SC(CCn2ccnc2)c2ccc(Cl)cc2)cc1. The fraction of sp³-hybridized carbons (Fsp3) is 0.167. The molecule has 3 aromatic rings. The molecule has 0 aliphatic carbocycles. The Bertz CT molecular complexity index is 727. The summed E-state index contributed by atoms with van der Waals surface area (Å²) < 4.78 is 15.2. The molecule has 23 heavy (non-hydrogen) atoms. The average Bonchev–Trinajstić information content (AvgIpc) is 3.08. The summed E-state index contributed by atoms with van der Waals surface area (Å²) >= 11 is 7.73. The lowest BCUT2D eigenvalue weighted by Gasteiger charge is -2.17. The van der Waals surface area contributed by atoms with Crippen molar-refractivity contribution in [3.05, 3.63) is 83.7 Å². The number of nitrogens with zero attached hydrogens (tertiary/aromatic N) is 2. The molecule has 2 aromatic carbocycles. The van der Waals surface area contributed by atoms with Gasteiger partial charge >= 0.3 is 0 Å². The van der Waals surface area contributed by atoms with Crippen LogP contribution in [0.15, 0.2) is 72.1 Å². The van der Waals surface area contributed by atoms with Crippen molar-refractivity contribution < 1.29 is 4.39 Å². The van der Waals surface area contributed by atoms with Crippen LogP contribution >= 0.6 is 23.4 Å². The molecule has 0 radical (unpaired) electrons. The minimum absolute atomic E-state index is 0.212. The van der Waals surface area contributed by atoms with Crippen molar-refractivity contribution in [3.8, 4) is 0 Å². The van der Waals surface area contributed by atoms with Crippen LogP contribution in [0.2, 0.25) is 5.02 Å². The third kappa shape index (κ3) is 4.60. The van der Waals surface area contributed by atoms with E-state index in [4.69, 9.17) is 11.6 Å². The number of hydrogen-bond donors (Lipinski definition) is 0. The number of aryl methyl sites for hydroxylation is 1. The quantitative estimate of drug-likeness (QED) is 0.541. The second kappa shape index (κ2) is 7.66. The van der Waals surface area contributed by atoms with E-state index in [1.807, 2.05) is 36.8 Å². The number of thioether (sulfide) groups is 1. The minimum Gasteiger partial charge on any atom is -0.337 e. The Hall–Kier alpha value is -1.78. The maximum absolute atomic E-state index is 13.1. The van der Waals surface area contributed by atoms with E-state index in [1.165, 1.54) is 17.7 Å². The van der Waals surface area contributed by atoms with Crippen LogP contribution < -0.4 is 0 Å². The van der Waals surface area contributed by atoms with Crippen LogP contribution in [0.3, 0.4) is 0 Å². The fourth-order valence-corrected chi connectivity index (χ4v) is 3.60. The largest absolute Gasteiger partial charge is 0.337 e. The summed E-state index contributed by atoms with van der Waals surface area (Å²) in [7, 11) is 0. The van der Waals surface area contributed by atoms with Gasteiger partial charge in [-0.05, 0) is 48.4 Å². The van der Waals surface area contributed by atoms with Crippen LogP contribution in [0.4, 0.5) is 4.39 Å². The van der Waals surface area contributed by atoms with Gasteiger partial charge in [0.05, 0.1) is 6.33 Å². The van der Waals surface area contributed by atoms with Crippen LogP contribution in [0.5, 0.6) is 0 Å². The molecule has 3 rings (SSSR count). The maximum atomic E-state index is 13.1. The van der Waals surface area contributed by atoms with E-state index < -0.39 is 0 Å². The van der Waals surface area contributed by atoms with Crippen molar-refractivity contribution in [2.45, 2.75) is 23.1 Å². The van der Waals surface area contributed by atoms with Gasteiger partial charge in [-0.1, -0.05) is 23.7 Å². The monoisotopic (exact) mass is 346 g/mol. The zero-order chi connectivity index (χ0) is 16.1. The van der Waals surface area contributed by atoms with Crippen molar-refractivity contribution in [1.29, 1.82) is 0 Å². The first-order valence-electron chi connectivity index (χ1n) is 7.34. The van der Waals surface area contributed by atoms with Gasteiger partial charge in [0, 0.05) is 34.1 Å². The lowest BCUT2D eigenvalue weighted by atomic mass is 10.1. The summed E-state index contributed by atoms with van der Waals surface area (Å²) in [5.41, 5.74) is 1.21. The standard InChI is InChI=1S/C18H16ClFN2S/c19-15-3-1-14(2-4-15)18(9-11-22-12-10-21-13-22)23-17-7-5-16(20)6-8-17/h1-8,10,12-13,18H,9,11H2. The van der Waals surface area contributed by atoms with Gasteiger partial charge in [-0.3, -0.25) is 0 Å². The van der Waals surface area contributed by atoms with Gasteiger partial charge in [-0.15, -0.1) is 11.8 Å². The van der Waals surface area contributed by atoms with Crippen LogP contribution in [0.25, 0.3) is 0 Å². The lowest BCUT2D eigenvalue weighted by Crippen LogP contribution is -2.01. The van der Waals surface area contributed by atoms with Crippen LogP contribution in [0, 0.1) is 5.82 Å². The van der Waals surface area contributed by atoms with E-state index in [0.29, 0.717) is 0 Å². The molecule has 0 spiro atoms. The summed E-state index contributed by atoms with van der Waals surface area (Å²) in [4.78, 5) is 5.13. The van der Waals surface area contributed by atoms with Crippen molar-refractivity contribution >= 4 is 23.4 Å². The van der Waals surface area contributed by atoms with Crippen molar-refractivity contribution in [1.82, 2.24) is 9.55 Å². The molecule has 0 aliphatic heterocycles. The highest BCUT2D eigenvalue weighted by molar-refractivity contribution is 7.99. The zero-order valence-corrected chi connectivity index (χ0v) is 14.0. The lowest BCUT2D eigenvalue weighted by molar-refractivity contribution is 0.626. The minimum atomic E-state index is -0.212. The molecule has 1 heterocycles. The molecular formula is C18H16ClFN2S. The molecule has 5 heteroatoms. The van der Waals surface area contributed by atoms with Gasteiger partial charge in [0.25, 0.3) is 0 Å². The number of aromatic nitrogens is 2. The smallest absolute Gasteiger partial charge is 0.123 e. The highest BCUT2D eigenvalue weighted by atomic mass is 35.5. The molecule has 1 atom stereocenters. The second-order valence-corrected chi connectivity index (χ2v) is 6.91. The topological polar surface area (TPSA) is 17.8 Å². The Morgan fingerprint density at radius 2 is 1.83 bits per heavy atom. The molecule has 2 nitrogen and oxygen atoms in total. The Balaban J connectivity index is 1.77. The van der Waals surface area contributed by atoms with Crippen LogP contribution in [-0.4, -0.2) is 9.55 Å². The van der Waals surface area contributed by atoms with Gasteiger partial charge in [0.2, 0.25) is 0 Å². The van der Waals surface area contributed by atoms with Crippen LogP contribution in [-0.2, 0) is 6.54 Å². The summed E-state index contributed by atoms with van der Waals surface area (Å²) in [6.45, 7) is 0.876. The predicted molar refractivity (Wildman–Crippen MR) is 93.3 cm³/mol. The van der Waals surface area contributed by atoms with Crippen molar-refractivity contribution in [2.24, 2.45) is 0 Å². The molecule has 0 bridgehead atoms. The Kier molecular flexibility index (Phi) is 5.36. The molecule has 0 saturated carbocycles. The Labute approximate surface area is 144 Å². The third-order valence-electron chi connectivity index (χ3n) is 3.54. The molecular weight excluding hydrogens is 331 g/mol. The number of rotatable bonds is 6. The summed E-state index contributed by atoms with van der Waals surface area (Å²) in [6, 6.07) is 14.6. The summed E-state index contributed by atoms with van der Waals surface area (Å²) in [5.74, 6) is -0.212. The molecule has 0 N–H and O–H groups in total. The molecule has 0 fully saturated rings. The fourth-order valence-electron chi connectivity index (χ4n) is 2.33. The molecule has 0 saturated heterocycles. The third-order valence-corrected chi connectivity index (χ3v) is 5.13. The van der Waals surface area contributed by atoms with Crippen molar-refractivity contribution in [2.75, 3.05) is 0 Å². The van der Waals surface area contributed by atoms with Gasteiger partial charge in [-0.2, -0.15) is 0 Å². The highest BCUT2D eigenvalue weighted by Gasteiger charge is 2.14. The molecule has 1 aromatic heterocycles. The van der Waals surface area contributed by atoms with Crippen molar-refractivity contribution in [3.63, 3.8) is 0 Å². The predicted octanol–water partition coefficient (Wildman–Crippen LogP) is 5.60. The van der Waals surface area contributed by atoms with E-state index in [1.54, 1.807) is 18.0 Å². The van der Waals surface area contributed by atoms with Gasteiger partial charge in [0.1, 0.15) is 5.82 Å². The Morgan fingerprint density at radius 3 is 2.48 bits per heavy atom. The van der Waals surface area contributed by atoms with E-state index in [2.05, 4.69) is 21.7 Å². The second-order valence-electron chi connectivity index (χ2n) is 5.20. The normalized spacial score (nSPS) is 12.3. The number of hydrogen-bond acceptors (Lipinski definition) is 2. The molecule has 0 amide bonds. The molecule has 118 valence electrons. The first-order chi connectivity index (χ1) is 11.2. The highest BCUT2D eigenvalue weighted by Crippen LogP contribution is 2.38.